The lowest BCUT2D eigenvalue weighted by Crippen LogP contribution is -1.93. The minimum Gasteiger partial charge on any atom is -0.205 e. The molecule has 1 aromatic heterocycles. The molecule has 1 atom stereocenters. The summed E-state index contributed by atoms with van der Waals surface area (Å²) in [6.07, 6.45) is 4.64. The Kier molecular flexibility index (Phi) is 4.55. The van der Waals surface area contributed by atoms with Gasteiger partial charge in [-0.3, -0.25) is 0 Å². The molecule has 19 heavy (non-hydrogen) atoms. The van der Waals surface area contributed by atoms with Crippen LogP contribution in [0, 0.1) is 17.1 Å². The summed E-state index contributed by atoms with van der Waals surface area (Å²) in [6.45, 7) is 4.32. The molecule has 2 aromatic rings. The number of hydrogen-bond acceptors (Lipinski definition) is 2. The van der Waals surface area contributed by atoms with E-state index < -0.39 is 0 Å². The SMILES string of the molecule is CCCCCC(C)c1sc2c(F)cccc2c1C#N. The molecular formula is C16H18FNS. The van der Waals surface area contributed by atoms with Gasteiger partial charge in [-0.15, -0.1) is 11.3 Å². The van der Waals surface area contributed by atoms with Crippen LogP contribution in [0.2, 0.25) is 0 Å². The van der Waals surface area contributed by atoms with Crippen LogP contribution in [0.25, 0.3) is 10.1 Å². The molecule has 0 amide bonds. The van der Waals surface area contributed by atoms with Gasteiger partial charge in [0, 0.05) is 10.3 Å². The molecule has 3 heteroatoms. The van der Waals surface area contributed by atoms with Crippen LogP contribution in [0.4, 0.5) is 4.39 Å². The van der Waals surface area contributed by atoms with E-state index in [0.29, 0.717) is 16.2 Å². The predicted octanol–water partition coefficient (Wildman–Crippen LogP) is 5.60. The molecule has 1 nitrogen and oxygen atoms in total. The summed E-state index contributed by atoms with van der Waals surface area (Å²) in [5, 5.41) is 10.1. The standard InChI is InChI=1S/C16H18FNS/c1-3-4-5-7-11(2)15-13(10-18)12-8-6-9-14(17)16(12)19-15/h6,8-9,11H,3-5,7H2,1-2H3. The molecule has 0 spiro atoms. The Labute approximate surface area is 117 Å². The third-order valence-corrected chi connectivity index (χ3v) is 4.94. The largest absolute Gasteiger partial charge is 0.205 e. The van der Waals surface area contributed by atoms with Crippen molar-refractivity contribution in [3.63, 3.8) is 0 Å². The van der Waals surface area contributed by atoms with Crippen LogP contribution >= 0.6 is 11.3 Å². The summed E-state index contributed by atoms with van der Waals surface area (Å²) >= 11 is 1.44. The predicted molar refractivity (Wildman–Crippen MR) is 79.1 cm³/mol. The molecule has 0 aliphatic carbocycles. The van der Waals surface area contributed by atoms with E-state index in [1.165, 1.54) is 36.7 Å². The molecule has 0 fully saturated rings. The van der Waals surface area contributed by atoms with Crippen molar-refractivity contribution in [2.75, 3.05) is 0 Å². The smallest absolute Gasteiger partial charge is 0.141 e. The second-order valence-electron chi connectivity index (χ2n) is 4.97. The number of thiophene rings is 1. The first-order chi connectivity index (χ1) is 9.19. The van der Waals surface area contributed by atoms with Crippen molar-refractivity contribution in [2.24, 2.45) is 0 Å². The first kappa shape index (κ1) is 14.0. The molecule has 0 aliphatic rings. The topological polar surface area (TPSA) is 23.8 Å². The monoisotopic (exact) mass is 275 g/mol. The van der Waals surface area contributed by atoms with Gasteiger partial charge < -0.3 is 0 Å². The Morgan fingerprint density at radius 3 is 2.84 bits per heavy atom. The van der Waals surface area contributed by atoms with E-state index in [-0.39, 0.29) is 5.82 Å². The number of fused-ring (bicyclic) bond motifs is 1. The zero-order chi connectivity index (χ0) is 13.8. The summed E-state index contributed by atoms with van der Waals surface area (Å²) in [5.41, 5.74) is 0.670. The minimum atomic E-state index is -0.217. The molecule has 1 aromatic carbocycles. The van der Waals surface area contributed by atoms with Crippen LogP contribution in [-0.2, 0) is 0 Å². The number of nitrogens with zero attached hydrogens (tertiary/aromatic N) is 1. The van der Waals surface area contributed by atoms with Gasteiger partial charge in [0.1, 0.15) is 11.9 Å². The Bertz CT molecular complexity index is 609. The molecule has 0 saturated carbocycles. The van der Waals surface area contributed by atoms with Crippen LogP contribution in [-0.4, -0.2) is 0 Å². The van der Waals surface area contributed by atoms with Gasteiger partial charge in [0.25, 0.3) is 0 Å². The van der Waals surface area contributed by atoms with E-state index in [0.717, 1.165) is 16.7 Å². The number of hydrogen-bond donors (Lipinski definition) is 0. The van der Waals surface area contributed by atoms with Gasteiger partial charge in [-0.2, -0.15) is 5.26 Å². The molecule has 0 radical (unpaired) electrons. The summed E-state index contributed by atoms with van der Waals surface area (Å²) < 4.78 is 14.4. The highest BCUT2D eigenvalue weighted by atomic mass is 32.1. The van der Waals surface area contributed by atoms with E-state index in [4.69, 9.17) is 0 Å². The average molecular weight is 275 g/mol. The lowest BCUT2D eigenvalue weighted by Gasteiger charge is -2.09. The minimum absolute atomic E-state index is 0.217. The third-order valence-electron chi connectivity index (χ3n) is 3.49. The average Bonchev–Trinajstić information content (AvgIpc) is 2.79. The van der Waals surface area contributed by atoms with Crippen molar-refractivity contribution in [1.82, 2.24) is 0 Å². The van der Waals surface area contributed by atoms with E-state index >= 15 is 0 Å². The maximum atomic E-state index is 13.8. The summed E-state index contributed by atoms with van der Waals surface area (Å²) in [7, 11) is 0. The van der Waals surface area contributed by atoms with Crippen LogP contribution in [0.5, 0.6) is 0 Å². The number of unbranched alkanes of at least 4 members (excludes halogenated alkanes) is 2. The van der Waals surface area contributed by atoms with Crippen molar-refractivity contribution in [3.05, 3.63) is 34.5 Å². The normalized spacial score (nSPS) is 12.5. The number of benzene rings is 1. The van der Waals surface area contributed by atoms with Crippen LogP contribution in [0.3, 0.4) is 0 Å². The number of halogens is 1. The van der Waals surface area contributed by atoms with Crippen LogP contribution in [0.1, 0.15) is 55.9 Å². The van der Waals surface area contributed by atoms with Crippen LogP contribution in [0.15, 0.2) is 18.2 Å². The molecular weight excluding hydrogens is 257 g/mol. The highest BCUT2D eigenvalue weighted by molar-refractivity contribution is 7.19. The highest BCUT2D eigenvalue weighted by Gasteiger charge is 2.18. The molecule has 0 saturated heterocycles. The van der Waals surface area contributed by atoms with Gasteiger partial charge in [0.05, 0.1) is 10.3 Å². The van der Waals surface area contributed by atoms with Gasteiger partial charge in [-0.1, -0.05) is 45.2 Å². The summed E-state index contributed by atoms with van der Waals surface area (Å²) in [5.74, 6) is 0.115. The summed E-state index contributed by atoms with van der Waals surface area (Å²) in [4.78, 5) is 1.04. The van der Waals surface area contributed by atoms with Crippen molar-refractivity contribution >= 4 is 21.4 Å². The fourth-order valence-electron chi connectivity index (χ4n) is 2.40. The number of nitriles is 1. The Balaban J connectivity index is 2.38. The van der Waals surface area contributed by atoms with Gasteiger partial charge in [-0.05, 0) is 18.4 Å². The second-order valence-corrected chi connectivity index (χ2v) is 6.02. The molecule has 1 unspecified atom stereocenters. The molecule has 0 N–H and O–H groups in total. The van der Waals surface area contributed by atoms with Gasteiger partial charge in [0.15, 0.2) is 0 Å². The molecule has 100 valence electrons. The Morgan fingerprint density at radius 2 is 2.16 bits per heavy atom. The summed E-state index contributed by atoms with van der Waals surface area (Å²) in [6, 6.07) is 7.24. The lowest BCUT2D eigenvalue weighted by molar-refractivity contribution is 0.603. The zero-order valence-electron chi connectivity index (χ0n) is 11.4. The fraction of sp³-hybridized carbons (Fsp3) is 0.438. The maximum absolute atomic E-state index is 13.8. The fourth-order valence-corrected chi connectivity index (χ4v) is 3.64. The Morgan fingerprint density at radius 1 is 1.37 bits per heavy atom. The van der Waals surface area contributed by atoms with E-state index in [2.05, 4.69) is 19.9 Å². The van der Waals surface area contributed by atoms with Crippen molar-refractivity contribution in [2.45, 2.75) is 45.4 Å². The van der Waals surface area contributed by atoms with Crippen molar-refractivity contribution in [1.29, 1.82) is 5.26 Å². The Hall–Kier alpha value is -1.40. The zero-order valence-corrected chi connectivity index (χ0v) is 12.2. The van der Waals surface area contributed by atoms with E-state index in [1.54, 1.807) is 6.07 Å². The van der Waals surface area contributed by atoms with E-state index in [9.17, 15) is 9.65 Å². The second kappa shape index (κ2) is 6.16. The third kappa shape index (κ3) is 2.79. The van der Waals surface area contributed by atoms with Crippen molar-refractivity contribution < 1.29 is 4.39 Å². The highest BCUT2D eigenvalue weighted by Crippen LogP contribution is 2.38. The quantitative estimate of drug-likeness (QED) is 0.652. The molecule has 0 bridgehead atoms. The van der Waals surface area contributed by atoms with E-state index in [1.807, 2.05) is 6.07 Å². The van der Waals surface area contributed by atoms with Gasteiger partial charge >= 0.3 is 0 Å². The van der Waals surface area contributed by atoms with Crippen molar-refractivity contribution in [3.8, 4) is 6.07 Å². The lowest BCUT2D eigenvalue weighted by atomic mass is 9.98. The van der Waals surface area contributed by atoms with Gasteiger partial charge in [-0.25, -0.2) is 4.39 Å². The first-order valence-electron chi connectivity index (χ1n) is 6.80. The molecule has 0 aliphatic heterocycles. The number of rotatable bonds is 5. The molecule has 1 heterocycles. The first-order valence-corrected chi connectivity index (χ1v) is 7.61. The molecule has 2 rings (SSSR count). The maximum Gasteiger partial charge on any atom is 0.141 e. The van der Waals surface area contributed by atoms with Gasteiger partial charge in [0.2, 0.25) is 0 Å². The van der Waals surface area contributed by atoms with Crippen LogP contribution < -0.4 is 0 Å².